The number of rotatable bonds is 6. The van der Waals surface area contributed by atoms with Gasteiger partial charge in [0.25, 0.3) is 0 Å². The van der Waals surface area contributed by atoms with Crippen molar-refractivity contribution in [1.82, 2.24) is 9.78 Å². The summed E-state index contributed by atoms with van der Waals surface area (Å²) in [5, 5.41) is 4.39. The van der Waals surface area contributed by atoms with E-state index in [1.165, 1.54) is 12.8 Å². The lowest BCUT2D eigenvalue weighted by Gasteiger charge is -2.10. The summed E-state index contributed by atoms with van der Waals surface area (Å²) in [4.78, 5) is 0. The third kappa shape index (κ3) is 3.93. The minimum atomic E-state index is 0.0937. The van der Waals surface area contributed by atoms with Crippen molar-refractivity contribution < 1.29 is 0 Å². The van der Waals surface area contributed by atoms with Gasteiger partial charge in [-0.2, -0.15) is 5.10 Å². The molecule has 2 N–H and O–H groups in total. The topological polar surface area (TPSA) is 43.8 Å². The first kappa shape index (κ1) is 13.8. The molecule has 2 rings (SSSR count). The maximum absolute atomic E-state index is 6.22. The van der Waals surface area contributed by atoms with Crippen LogP contribution >= 0.6 is 0 Å². The lowest BCUT2D eigenvalue weighted by molar-refractivity contribution is 0.505. The van der Waals surface area contributed by atoms with Crippen LogP contribution in [0.4, 0.5) is 0 Å². The minimum absolute atomic E-state index is 0.0937. The molecule has 3 nitrogen and oxygen atoms in total. The smallest absolute Gasteiger partial charge is 0.0645 e. The number of nitrogens with two attached hydrogens (primary N) is 1. The number of aromatic nitrogens is 2. The number of nitrogens with zero attached hydrogens (tertiary/aromatic N) is 2. The quantitative estimate of drug-likeness (QED) is 0.857. The third-order valence-electron chi connectivity index (χ3n) is 3.35. The van der Waals surface area contributed by atoms with Crippen LogP contribution in [0.2, 0.25) is 0 Å². The van der Waals surface area contributed by atoms with Crippen LogP contribution in [-0.2, 0) is 0 Å². The fraction of sp³-hybridized carbons (Fsp3) is 0.438. The molecule has 3 heteroatoms. The molecular weight excluding hydrogens is 234 g/mol. The van der Waals surface area contributed by atoms with E-state index in [4.69, 9.17) is 5.73 Å². The highest BCUT2D eigenvalue weighted by Gasteiger charge is 2.09. The van der Waals surface area contributed by atoms with Crippen molar-refractivity contribution in [3.63, 3.8) is 0 Å². The first-order valence-electron chi connectivity index (χ1n) is 7.02. The van der Waals surface area contributed by atoms with Crippen LogP contribution < -0.4 is 5.73 Å². The van der Waals surface area contributed by atoms with E-state index in [1.807, 2.05) is 47.4 Å². The van der Waals surface area contributed by atoms with Crippen molar-refractivity contribution >= 4 is 0 Å². The minimum Gasteiger partial charge on any atom is -0.324 e. The van der Waals surface area contributed by atoms with Crippen LogP contribution in [-0.4, -0.2) is 9.78 Å². The van der Waals surface area contributed by atoms with Gasteiger partial charge >= 0.3 is 0 Å². The van der Waals surface area contributed by atoms with Gasteiger partial charge in [-0.1, -0.05) is 44.9 Å². The summed E-state index contributed by atoms with van der Waals surface area (Å²) in [5.74, 6) is 0.749. The molecule has 0 spiro atoms. The second-order valence-electron chi connectivity index (χ2n) is 5.49. The number of hydrogen-bond donors (Lipinski definition) is 1. The van der Waals surface area contributed by atoms with Gasteiger partial charge in [0, 0.05) is 17.8 Å². The van der Waals surface area contributed by atoms with Crippen LogP contribution in [0, 0.1) is 5.92 Å². The zero-order valence-corrected chi connectivity index (χ0v) is 11.8. The normalized spacial score (nSPS) is 12.8. The third-order valence-corrected chi connectivity index (χ3v) is 3.35. The van der Waals surface area contributed by atoms with E-state index in [2.05, 4.69) is 18.9 Å². The van der Waals surface area contributed by atoms with Crippen LogP contribution in [0.5, 0.6) is 0 Å². The Hall–Kier alpha value is -1.61. The summed E-state index contributed by atoms with van der Waals surface area (Å²) in [5.41, 5.74) is 8.41. The van der Waals surface area contributed by atoms with Gasteiger partial charge in [-0.05, 0) is 24.5 Å². The van der Waals surface area contributed by atoms with Crippen molar-refractivity contribution in [1.29, 1.82) is 0 Å². The molecule has 1 heterocycles. The zero-order valence-electron chi connectivity index (χ0n) is 11.8. The molecule has 0 fully saturated rings. The number of hydrogen-bond acceptors (Lipinski definition) is 2. The Labute approximate surface area is 115 Å². The highest BCUT2D eigenvalue weighted by atomic mass is 15.3. The molecule has 1 aromatic carbocycles. The van der Waals surface area contributed by atoms with Crippen LogP contribution in [0.3, 0.4) is 0 Å². The molecular formula is C16H23N3. The standard InChI is InChI=1S/C16H23N3/c1-13(2)7-6-10-16(17)14-11-18-19(12-14)15-8-4-3-5-9-15/h3-5,8-9,11-13,16H,6-7,10,17H2,1-2H3. The van der Waals surface area contributed by atoms with E-state index in [-0.39, 0.29) is 6.04 Å². The van der Waals surface area contributed by atoms with E-state index in [0.717, 1.165) is 23.6 Å². The molecule has 102 valence electrons. The van der Waals surface area contributed by atoms with Gasteiger partial charge in [0.1, 0.15) is 0 Å². The molecule has 1 unspecified atom stereocenters. The first-order chi connectivity index (χ1) is 9.16. The van der Waals surface area contributed by atoms with Crippen molar-refractivity contribution in [2.45, 2.75) is 39.2 Å². The molecule has 0 saturated heterocycles. The average molecular weight is 257 g/mol. The first-order valence-corrected chi connectivity index (χ1v) is 7.02. The van der Waals surface area contributed by atoms with Crippen molar-refractivity contribution in [3.8, 4) is 5.69 Å². The van der Waals surface area contributed by atoms with Crippen molar-refractivity contribution in [2.24, 2.45) is 11.7 Å². The summed E-state index contributed by atoms with van der Waals surface area (Å²) < 4.78 is 1.89. The molecule has 0 bridgehead atoms. The van der Waals surface area contributed by atoms with E-state index in [0.29, 0.717) is 0 Å². The number of para-hydroxylation sites is 1. The molecule has 0 radical (unpaired) electrons. The Kier molecular flexibility index (Phi) is 4.74. The Morgan fingerprint density at radius 3 is 2.58 bits per heavy atom. The van der Waals surface area contributed by atoms with E-state index >= 15 is 0 Å². The van der Waals surface area contributed by atoms with Crippen LogP contribution in [0.15, 0.2) is 42.7 Å². The summed E-state index contributed by atoms with van der Waals surface area (Å²) in [7, 11) is 0. The Morgan fingerprint density at radius 1 is 1.16 bits per heavy atom. The predicted molar refractivity (Wildman–Crippen MR) is 79.2 cm³/mol. The van der Waals surface area contributed by atoms with Crippen LogP contribution in [0.1, 0.15) is 44.7 Å². The molecule has 0 aliphatic heterocycles. The average Bonchev–Trinajstić information content (AvgIpc) is 2.89. The lowest BCUT2D eigenvalue weighted by atomic mass is 10.0. The van der Waals surface area contributed by atoms with Crippen LogP contribution in [0.25, 0.3) is 5.69 Å². The van der Waals surface area contributed by atoms with E-state index in [9.17, 15) is 0 Å². The largest absolute Gasteiger partial charge is 0.324 e. The molecule has 0 aliphatic carbocycles. The maximum atomic E-state index is 6.22. The van der Waals surface area contributed by atoms with Gasteiger partial charge in [-0.25, -0.2) is 4.68 Å². The molecule has 0 saturated carbocycles. The molecule has 1 atom stereocenters. The van der Waals surface area contributed by atoms with Gasteiger partial charge < -0.3 is 5.73 Å². The lowest BCUT2D eigenvalue weighted by Crippen LogP contribution is -2.09. The van der Waals surface area contributed by atoms with Gasteiger partial charge in [-0.15, -0.1) is 0 Å². The van der Waals surface area contributed by atoms with Crippen molar-refractivity contribution in [2.75, 3.05) is 0 Å². The zero-order chi connectivity index (χ0) is 13.7. The highest BCUT2D eigenvalue weighted by molar-refractivity contribution is 5.31. The summed E-state index contributed by atoms with van der Waals surface area (Å²) in [6.45, 7) is 4.50. The fourth-order valence-electron chi connectivity index (χ4n) is 2.16. The predicted octanol–water partition coefficient (Wildman–Crippen LogP) is 3.70. The molecule has 19 heavy (non-hydrogen) atoms. The van der Waals surface area contributed by atoms with Gasteiger partial charge in [-0.3, -0.25) is 0 Å². The summed E-state index contributed by atoms with van der Waals surface area (Å²) >= 11 is 0. The summed E-state index contributed by atoms with van der Waals surface area (Å²) in [6, 6.07) is 10.2. The number of benzene rings is 1. The fourth-order valence-corrected chi connectivity index (χ4v) is 2.16. The second-order valence-corrected chi connectivity index (χ2v) is 5.49. The molecule has 0 amide bonds. The Bertz CT molecular complexity index is 488. The second kappa shape index (κ2) is 6.53. The van der Waals surface area contributed by atoms with Gasteiger partial charge in [0.2, 0.25) is 0 Å². The van der Waals surface area contributed by atoms with Gasteiger partial charge in [0.15, 0.2) is 0 Å². The monoisotopic (exact) mass is 257 g/mol. The molecule has 0 aliphatic rings. The van der Waals surface area contributed by atoms with E-state index < -0.39 is 0 Å². The Balaban J connectivity index is 1.97. The highest BCUT2D eigenvalue weighted by Crippen LogP contribution is 2.19. The van der Waals surface area contributed by atoms with E-state index in [1.54, 1.807) is 0 Å². The molecule has 2 aromatic rings. The summed E-state index contributed by atoms with van der Waals surface area (Å²) in [6.07, 6.45) is 7.36. The SMILES string of the molecule is CC(C)CCCC(N)c1cnn(-c2ccccc2)c1. The van der Waals surface area contributed by atoms with Crippen molar-refractivity contribution in [3.05, 3.63) is 48.3 Å². The molecule has 1 aromatic heterocycles. The Morgan fingerprint density at radius 2 is 1.89 bits per heavy atom. The van der Waals surface area contributed by atoms with Gasteiger partial charge in [0.05, 0.1) is 11.9 Å². The maximum Gasteiger partial charge on any atom is 0.0645 e.